The normalized spacial score (nSPS) is 14.4. The molecule has 7 nitrogen and oxygen atoms in total. The first-order valence-electron chi connectivity index (χ1n) is 8.76. The van der Waals surface area contributed by atoms with Crippen molar-refractivity contribution in [2.24, 2.45) is 0 Å². The number of thiazole rings is 1. The van der Waals surface area contributed by atoms with Crippen LogP contribution in [0.2, 0.25) is 0 Å². The molecular weight excluding hydrogens is 364 g/mol. The van der Waals surface area contributed by atoms with Crippen LogP contribution >= 0.6 is 11.3 Å². The molecule has 1 N–H and O–H groups in total. The van der Waals surface area contributed by atoms with Gasteiger partial charge >= 0.3 is 0 Å². The summed E-state index contributed by atoms with van der Waals surface area (Å²) in [5, 5.41) is 3.41. The van der Waals surface area contributed by atoms with Crippen molar-refractivity contribution in [2.75, 3.05) is 36.5 Å². The molecule has 0 spiro atoms. The molecule has 0 atom stereocenters. The second-order valence-corrected chi connectivity index (χ2v) is 7.46. The van der Waals surface area contributed by atoms with Crippen LogP contribution < -0.4 is 10.2 Å². The van der Waals surface area contributed by atoms with Crippen molar-refractivity contribution in [3.8, 4) is 11.5 Å². The van der Waals surface area contributed by atoms with Crippen molar-refractivity contribution in [1.29, 1.82) is 0 Å². The number of nitrogens with one attached hydrogen (secondary N) is 1. The Balaban J connectivity index is 1.68. The van der Waals surface area contributed by atoms with E-state index in [0.29, 0.717) is 43.2 Å². The quantitative estimate of drug-likeness (QED) is 0.741. The number of hydrogen-bond acceptors (Lipinski definition) is 7. The molecule has 4 rings (SSSR count). The number of morpholine rings is 1. The monoisotopic (exact) mass is 384 g/mol. The minimum atomic E-state index is -0.323. The number of benzene rings is 1. The fourth-order valence-electron chi connectivity index (χ4n) is 2.83. The van der Waals surface area contributed by atoms with Crippen LogP contribution in [0.5, 0.6) is 0 Å². The van der Waals surface area contributed by atoms with Gasteiger partial charge in [-0.25, -0.2) is 9.97 Å². The minimum Gasteiger partial charge on any atom is -0.420 e. The average molecular weight is 384 g/mol. The largest absolute Gasteiger partial charge is 0.420 e. The Bertz CT molecular complexity index is 926. The second-order valence-electron chi connectivity index (χ2n) is 6.25. The topological polar surface area (TPSA) is 80.5 Å². The van der Waals surface area contributed by atoms with Gasteiger partial charge in [0.25, 0.3) is 5.91 Å². The zero-order chi connectivity index (χ0) is 18.8. The van der Waals surface area contributed by atoms with Gasteiger partial charge in [0, 0.05) is 23.5 Å². The van der Waals surface area contributed by atoms with E-state index < -0.39 is 0 Å². The van der Waals surface area contributed by atoms with Crippen molar-refractivity contribution in [2.45, 2.75) is 13.8 Å². The number of aromatic nitrogens is 2. The molecule has 1 saturated heterocycles. The van der Waals surface area contributed by atoms with E-state index in [1.807, 2.05) is 49.1 Å². The maximum absolute atomic E-state index is 12.9. The minimum absolute atomic E-state index is 0.265. The third-order valence-electron chi connectivity index (χ3n) is 4.39. The number of anilines is 2. The lowest BCUT2D eigenvalue weighted by molar-refractivity contribution is 0.101. The second kappa shape index (κ2) is 7.50. The smallest absolute Gasteiger partial charge is 0.281 e. The predicted molar refractivity (Wildman–Crippen MR) is 105 cm³/mol. The van der Waals surface area contributed by atoms with Crippen LogP contribution in [0.4, 0.5) is 11.0 Å². The van der Waals surface area contributed by atoms with Crippen molar-refractivity contribution in [3.05, 3.63) is 46.6 Å². The summed E-state index contributed by atoms with van der Waals surface area (Å²) in [5.41, 5.74) is 2.00. The molecule has 3 aromatic rings. The van der Waals surface area contributed by atoms with Crippen LogP contribution in [0, 0.1) is 13.8 Å². The van der Waals surface area contributed by atoms with E-state index in [1.54, 1.807) is 0 Å². The molecule has 0 aliphatic carbocycles. The fourth-order valence-corrected chi connectivity index (χ4v) is 3.64. The molecule has 0 unspecified atom stereocenters. The van der Waals surface area contributed by atoms with E-state index in [-0.39, 0.29) is 11.6 Å². The van der Waals surface area contributed by atoms with Crippen molar-refractivity contribution in [1.82, 2.24) is 9.97 Å². The number of nitrogens with zero attached hydrogens (tertiary/aromatic N) is 3. The first-order chi connectivity index (χ1) is 13.1. The Morgan fingerprint density at radius 3 is 2.56 bits per heavy atom. The van der Waals surface area contributed by atoms with Crippen LogP contribution in [0.3, 0.4) is 0 Å². The highest BCUT2D eigenvalue weighted by atomic mass is 32.1. The number of hydrogen-bond donors (Lipinski definition) is 1. The molecule has 2 aromatic heterocycles. The predicted octanol–water partition coefficient (Wildman–Crippen LogP) is 3.50. The summed E-state index contributed by atoms with van der Waals surface area (Å²) in [6, 6.07) is 9.56. The van der Waals surface area contributed by atoms with Gasteiger partial charge in [0.2, 0.25) is 11.8 Å². The first kappa shape index (κ1) is 17.7. The van der Waals surface area contributed by atoms with Crippen LogP contribution in [0.15, 0.2) is 34.7 Å². The number of amides is 1. The molecular formula is C19H20N4O3S. The number of rotatable bonds is 4. The number of carbonyl (C=O) groups is 1. The molecule has 3 heterocycles. The highest BCUT2D eigenvalue weighted by molar-refractivity contribution is 7.15. The standard InChI is InChI=1S/C19H20N4O3S/c1-12-13(2)27-19(20-12)22-16(24)15-18(23-8-10-25-11-9-23)26-17(21-15)14-6-4-3-5-7-14/h3-7H,8-11H2,1-2H3,(H,20,22,24). The van der Waals surface area contributed by atoms with E-state index >= 15 is 0 Å². The Kier molecular flexibility index (Phi) is 4.91. The highest BCUT2D eigenvalue weighted by Crippen LogP contribution is 2.30. The summed E-state index contributed by atoms with van der Waals surface area (Å²) >= 11 is 1.45. The zero-order valence-corrected chi connectivity index (χ0v) is 16.0. The lowest BCUT2D eigenvalue weighted by Crippen LogP contribution is -2.37. The van der Waals surface area contributed by atoms with E-state index in [1.165, 1.54) is 11.3 Å². The molecule has 1 amide bonds. The Morgan fingerprint density at radius 1 is 1.15 bits per heavy atom. The SMILES string of the molecule is Cc1nc(NC(=O)c2nc(-c3ccccc3)oc2N2CCOCC2)sc1C. The molecule has 0 bridgehead atoms. The molecule has 0 radical (unpaired) electrons. The maximum Gasteiger partial charge on any atom is 0.281 e. The van der Waals surface area contributed by atoms with Crippen molar-refractivity contribution < 1.29 is 13.9 Å². The summed E-state index contributed by atoms with van der Waals surface area (Å²) in [6.07, 6.45) is 0. The van der Waals surface area contributed by atoms with Crippen LogP contribution in [0.1, 0.15) is 21.1 Å². The van der Waals surface area contributed by atoms with Gasteiger partial charge in [0.15, 0.2) is 10.8 Å². The van der Waals surface area contributed by atoms with Gasteiger partial charge in [0.1, 0.15) is 0 Å². The van der Waals surface area contributed by atoms with Crippen LogP contribution in [-0.4, -0.2) is 42.2 Å². The zero-order valence-electron chi connectivity index (χ0n) is 15.2. The lowest BCUT2D eigenvalue weighted by Gasteiger charge is -2.26. The molecule has 1 aromatic carbocycles. The number of carbonyl (C=O) groups excluding carboxylic acids is 1. The Hall–Kier alpha value is -2.71. The maximum atomic E-state index is 12.9. The van der Waals surface area contributed by atoms with Gasteiger partial charge in [0.05, 0.1) is 18.9 Å². The lowest BCUT2D eigenvalue weighted by atomic mass is 10.2. The van der Waals surface area contributed by atoms with Gasteiger partial charge in [-0.05, 0) is 26.0 Å². The molecule has 27 heavy (non-hydrogen) atoms. The summed E-state index contributed by atoms with van der Waals surface area (Å²) in [7, 11) is 0. The number of aryl methyl sites for hydroxylation is 2. The molecule has 1 fully saturated rings. The summed E-state index contributed by atoms with van der Waals surface area (Å²) in [4.78, 5) is 24.9. The van der Waals surface area contributed by atoms with Gasteiger partial charge in [-0.1, -0.05) is 18.2 Å². The molecule has 0 saturated carbocycles. The van der Waals surface area contributed by atoms with Crippen molar-refractivity contribution in [3.63, 3.8) is 0 Å². The van der Waals surface area contributed by atoms with Gasteiger partial charge in [-0.15, -0.1) is 11.3 Å². The van der Waals surface area contributed by atoms with E-state index in [0.717, 1.165) is 16.1 Å². The highest BCUT2D eigenvalue weighted by Gasteiger charge is 2.27. The third-order valence-corrected chi connectivity index (χ3v) is 5.38. The van der Waals surface area contributed by atoms with Crippen molar-refractivity contribution >= 4 is 28.3 Å². The van der Waals surface area contributed by atoms with E-state index in [2.05, 4.69) is 15.3 Å². The summed E-state index contributed by atoms with van der Waals surface area (Å²) in [5.74, 6) is 0.574. The Labute approximate surface area is 161 Å². The van der Waals surface area contributed by atoms with Gasteiger partial charge < -0.3 is 14.1 Å². The first-order valence-corrected chi connectivity index (χ1v) is 9.58. The number of ether oxygens (including phenoxy) is 1. The molecule has 1 aliphatic rings. The molecule has 1 aliphatic heterocycles. The summed E-state index contributed by atoms with van der Waals surface area (Å²) < 4.78 is 11.4. The fraction of sp³-hybridized carbons (Fsp3) is 0.316. The third kappa shape index (κ3) is 3.72. The molecule has 8 heteroatoms. The van der Waals surface area contributed by atoms with E-state index in [9.17, 15) is 4.79 Å². The average Bonchev–Trinajstić information content (AvgIpc) is 3.27. The number of oxazole rings is 1. The van der Waals surface area contributed by atoms with E-state index in [4.69, 9.17) is 9.15 Å². The van der Waals surface area contributed by atoms with Gasteiger partial charge in [-0.3, -0.25) is 10.1 Å². The van der Waals surface area contributed by atoms with Crippen LogP contribution in [-0.2, 0) is 4.74 Å². The van der Waals surface area contributed by atoms with Crippen LogP contribution in [0.25, 0.3) is 11.5 Å². The Morgan fingerprint density at radius 2 is 1.89 bits per heavy atom. The summed E-state index contributed by atoms with van der Waals surface area (Å²) in [6.45, 7) is 6.38. The van der Waals surface area contributed by atoms with Gasteiger partial charge in [-0.2, -0.15) is 0 Å². The molecule has 140 valence electrons.